The molecule has 0 heterocycles. The molecule has 3 aromatic rings. The summed E-state index contributed by atoms with van der Waals surface area (Å²) in [6.07, 6.45) is -0.459. The molecule has 0 spiro atoms. The van der Waals surface area contributed by atoms with Crippen LogP contribution in [0.1, 0.15) is 23.7 Å². The van der Waals surface area contributed by atoms with E-state index in [1.807, 2.05) is 42.5 Å². The van der Waals surface area contributed by atoms with Gasteiger partial charge in [-0.3, -0.25) is 0 Å². The third kappa shape index (κ3) is 4.62. The monoisotopic (exact) mass is 389 g/mol. The second-order valence-corrected chi connectivity index (χ2v) is 8.33. The Morgan fingerprint density at radius 1 is 0.962 bits per heavy atom. The summed E-state index contributed by atoms with van der Waals surface area (Å²) >= 11 is 6.02. The van der Waals surface area contributed by atoms with Crippen molar-refractivity contribution >= 4 is 32.4 Å². The number of benzene rings is 3. The number of sulfonamides is 1. The number of fused-ring (bicyclic) bond motifs is 1. The van der Waals surface area contributed by atoms with Gasteiger partial charge >= 0.3 is 0 Å². The Bertz CT molecular complexity index is 999. The number of halogens is 1. The molecule has 0 radical (unpaired) electrons. The largest absolute Gasteiger partial charge is 0.388 e. The maximum atomic E-state index is 12.2. The average Bonchev–Trinajstić information content (AvgIpc) is 2.63. The highest BCUT2D eigenvalue weighted by atomic mass is 35.5. The summed E-state index contributed by atoms with van der Waals surface area (Å²) in [5.74, 6) is -0.183. The zero-order chi connectivity index (χ0) is 18.6. The zero-order valence-corrected chi connectivity index (χ0v) is 15.7. The van der Waals surface area contributed by atoms with Gasteiger partial charge in [0.05, 0.1) is 11.9 Å². The highest BCUT2D eigenvalue weighted by molar-refractivity contribution is 7.88. The molecule has 3 rings (SSSR count). The van der Waals surface area contributed by atoms with Crippen LogP contribution in [0.3, 0.4) is 0 Å². The van der Waals surface area contributed by atoms with Crippen LogP contribution in [0.4, 0.5) is 0 Å². The maximum Gasteiger partial charge on any atom is 0.215 e. The van der Waals surface area contributed by atoms with Gasteiger partial charge in [0.1, 0.15) is 0 Å². The topological polar surface area (TPSA) is 66.4 Å². The highest BCUT2D eigenvalue weighted by Crippen LogP contribution is 2.26. The molecule has 2 N–H and O–H groups in total. The second kappa shape index (κ2) is 8.18. The van der Waals surface area contributed by atoms with Crippen LogP contribution in [-0.4, -0.2) is 20.1 Å². The lowest BCUT2D eigenvalue weighted by molar-refractivity contribution is 0.170. The molecule has 3 aromatic carbocycles. The van der Waals surface area contributed by atoms with Crippen LogP contribution in [0.2, 0.25) is 5.02 Å². The molecule has 6 heteroatoms. The summed E-state index contributed by atoms with van der Waals surface area (Å²) in [7, 11) is -3.52. The van der Waals surface area contributed by atoms with Gasteiger partial charge in [-0.05, 0) is 34.4 Å². The number of nitrogens with one attached hydrogen (secondary N) is 1. The van der Waals surface area contributed by atoms with E-state index in [1.54, 1.807) is 24.3 Å². The van der Waals surface area contributed by atoms with Crippen molar-refractivity contribution in [3.8, 4) is 0 Å². The van der Waals surface area contributed by atoms with E-state index in [0.29, 0.717) is 10.6 Å². The van der Waals surface area contributed by atoms with E-state index >= 15 is 0 Å². The predicted molar refractivity (Wildman–Crippen MR) is 106 cm³/mol. The van der Waals surface area contributed by atoms with Crippen LogP contribution < -0.4 is 4.72 Å². The van der Waals surface area contributed by atoms with Gasteiger partial charge < -0.3 is 5.11 Å². The lowest BCUT2D eigenvalue weighted by atomic mass is 9.99. The van der Waals surface area contributed by atoms with Gasteiger partial charge in [-0.1, -0.05) is 72.3 Å². The fourth-order valence-corrected chi connectivity index (χ4v) is 4.39. The number of aliphatic hydroxyl groups excluding tert-OH is 1. The van der Waals surface area contributed by atoms with E-state index in [0.717, 1.165) is 16.3 Å². The fraction of sp³-hybridized carbons (Fsp3) is 0.200. The molecule has 1 atom stereocenters. The first kappa shape index (κ1) is 18.9. The maximum absolute atomic E-state index is 12.2. The summed E-state index contributed by atoms with van der Waals surface area (Å²) in [6, 6.07) is 20.4. The third-order valence-corrected chi connectivity index (χ3v) is 5.93. The predicted octanol–water partition coefficient (Wildman–Crippen LogP) is 4.04. The van der Waals surface area contributed by atoms with Crippen molar-refractivity contribution in [2.24, 2.45) is 0 Å². The minimum absolute atomic E-state index is 0.150. The van der Waals surface area contributed by atoms with Gasteiger partial charge in [0.2, 0.25) is 10.0 Å². The van der Waals surface area contributed by atoms with E-state index in [9.17, 15) is 13.5 Å². The normalized spacial score (nSPS) is 13.0. The number of rotatable bonds is 7. The van der Waals surface area contributed by atoms with Crippen molar-refractivity contribution in [1.82, 2.24) is 4.72 Å². The van der Waals surface area contributed by atoms with Crippen molar-refractivity contribution in [2.75, 3.05) is 6.54 Å². The summed E-state index contributed by atoms with van der Waals surface area (Å²) in [4.78, 5) is 0. The van der Waals surface area contributed by atoms with Gasteiger partial charge in [0.15, 0.2) is 0 Å². The van der Waals surface area contributed by atoms with Crippen molar-refractivity contribution in [3.63, 3.8) is 0 Å². The molecule has 1 unspecified atom stereocenters. The summed E-state index contributed by atoms with van der Waals surface area (Å²) in [5.41, 5.74) is 1.35. The summed E-state index contributed by atoms with van der Waals surface area (Å²) < 4.78 is 27.0. The number of aliphatic hydroxyl groups is 1. The minimum atomic E-state index is -3.52. The zero-order valence-electron chi connectivity index (χ0n) is 14.1. The first-order valence-electron chi connectivity index (χ1n) is 8.33. The fourth-order valence-electron chi connectivity index (χ4n) is 2.92. The van der Waals surface area contributed by atoms with Gasteiger partial charge in [-0.15, -0.1) is 0 Å². The van der Waals surface area contributed by atoms with Crippen LogP contribution in [0.5, 0.6) is 0 Å². The standard InChI is InChI=1S/C20H20ClNO3S/c21-19-11-4-2-7-16(19)14-26(24,25)22-13-12-20(23)18-10-5-8-15-6-1-3-9-17(15)18/h1-11,20,22-23H,12-14H2. The molecule has 0 fully saturated rings. The van der Waals surface area contributed by atoms with E-state index in [4.69, 9.17) is 11.6 Å². The summed E-state index contributed by atoms with van der Waals surface area (Å²) in [6.45, 7) is 0.150. The Hall–Kier alpha value is -1.92. The lowest BCUT2D eigenvalue weighted by Gasteiger charge is -2.14. The molecule has 0 amide bonds. The molecule has 136 valence electrons. The Morgan fingerprint density at radius 2 is 1.65 bits per heavy atom. The number of hydrogen-bond acceptors (Lipinski definition) is 3. The first-order valence-corrected chi connectivity index (χ1v) is 10.4. The Kier molecular flexibility index (Phi) is 5.94. The molecule has 0 aliphatic heterocycles. The van der Waals surface area contributed by atoms with E-state index in [2.05, 4.69) is 4.72 Å². The third-order valence-electron chi connectivity index (χ3n) is 4.23. The molecule has 0 aromatic heterocycles. The molecular formula is C20H20ClNO3S. The van der Waals surface area contributed by atoms with Gasteiger partial charge in [0.25, 0.3) is 0 Å². The van der Waals surface area contributed by atoms with Crippen LogP contribution in [-0.2, 0) is 15.8 Å². The Labute approximate surface area is 158 Å². The van der Waals surface area contributed by atoms with Crippen LogP contribution in [0, 0.1) is 0 Å². The van der Waals surface area contributed by atoms with Crippen LogP contribution in [0.15, 0.2) is 66.7 Å². The molecule has 26 heavy (non-hydrogen) atoms. The van der Waals surface area contributed by atoms with Crippen molar-refractivity contribution in [3.05, 3.63) is 82.9 Å². The lowest BCUT2D eigenvalue weighted by Crippen LogP contribution is -2.27. The molecule has 4 nitrogen and oxygen atoms in total. The molecule has 0 aliphatic carbocycles. The SMILES string of the molecule is O=S(=O)(Cc1ccccc1Cl)NCCC(O)c1cccc2ccccc12. The molecule has 0 saturated heterocycles. The van der Waals surface area contributed by atoms with Crippen molar-refractivity contribution in [1.29, 1.82) is 0 Å². The van der Waals surface area contributed by atoms with Crippen molar-refractivity contribution < 1.29 is 13.5 Å². The average molecular weight is 390 g/mol. The van der Waals surface area contributed by atoms with E-state index < -0.39 is 16.1 Å². The van der Waals surface area contributed by atoms with Gasteiger partial charge in [-0.2, -0.15) is 0 Å². The van der Waals surface area contributed by atoms with E-state index in [-0.39, 0.29) is 18.7 Å². The minimum Gasteiger partial charge on any atom is -0.388 e. The smallest absolute Gasteiger partial charge is 0.215 e. The quantitative estimate of drug-likeness (QED) is 0.641. The molecule has 0 saturated carbocycles. The summed E-state index contributed by atoms with van der Waals surface area (Å²) in [5, 5.41) is 12.9. The van der Waals surface area contributed by atoms with Gasteiger partial charge in [0, 0.05) is 11.6 Å². The van der Waals surface area contributed by atoms with Crippen LogP contribution >= 0.6 is 11.6 Å². The Morgan fingerprint density at radius 3 is 2.46 bits per heavy atom. The molecule has 0 aliphatic rings. The molecular weight excluding hydrogens is 370 g/mol. The molecule has 0 bridgehead atoms. The second-order valence-electron chi connectivity index (χ2n) is 6.12. The van der Waals surface area contributed by atoms with E-state index in [1.165, 1.54) is 0 Å². The first-order chi connectivity index (χ1) is 12.5. The van der Waals surface area contributed by atoms with Gasteiger partial charge in [-0.25, -0.2) is 13.1 Å². The highest BCUT2D eigenvalue weighted by Gasteiger charge is 2.16. The number of hydrogen-bond donors (Lipinski definition) is 2. The van der Waals surface area contributed by atoms with Crippen LogP contribution in [0.25, 0.3) is 10.8 Å². The van der Waals surface area contributed by atoms with Crippen molar-refractivity contribution in [2.45, 2.75) is 18.3 Å². The Balaban J connectivity index is 1.62.